The van der Waals surface area contributed by atoms with Crippen molar-refractivity contribution in [2.75, 3.05) is 25.3 Å². The van der Waals surface area contributed by atoms with E-state index in [4.69, 9.17) is 15.2 Å². The highest BCUT2D eigenvalue weighted by atomic mass is 19.1. The standard InChI is InChI=1S/C14H15FN2O2/c1-18-10-4-6-13(14(8-10)19-2)17-12-5-3-9(16)7-11(12)15/h3-8,17H,16H2,1-2H3. The van der Waals surface area contributed by atoms with Crippen molar-refractivity contribution < 1.29 is 13.9 Å². The van der Waals surface area contributed by atoms with Gasteiger partial charge in [0.1, 0.15) is 17.3 Å². The molecule has 0 aliphatic rings. The Labute approximate surface area is 111 Å². The molecule has 0 fully saturated rings. The fourth-order valence-corrected chi connectivity index (χ4v) is 1.68. The topological polar surface area (TPSA) is 56.5 Å². The van der Waals surface area contributed by atoms with Crippen LogP contribution in [-0.2, 0) is 0 Å². The minimum absolute atomic E-state index is 0.331. The van der Waals surface area contributed by atoms with Crippen molar-refractivity contribution in [2.24, 2.45) is 0 Å². The summed E-state index contributed by atoms with van der Waals surface area (Å²) in [5.74, 6) is 0.814. The smallest absolute Gasteiger partial charge is 0.148 e. The second-order valence-corrected chi connectivity index (χ2v) is 3.93. The van der Waals surface area contributed by atoms with Crippen LogP contribution in [0.4, 0.5) is 21.5 Å². The molecule has 0 aliphatic carbocycles. The lowest BCUT2D eigenvalue weighted by Gasteiger charge is -2.13. The van der Waals surface area contributed by atoms with Gasteiger partial charge in [-0.2, -0.15) is 0 Å². The Morgan fingerprint density at radius 2 is 1.74 bits per heavy atom. The molecular weight excluding hydrogens is 247 g/mol. The Morgan fingerprint density at radius 3 is 2.37 bits per heavy atom. The van der Waals surface area contributed by atoms with Crippen molar-refractivity contribution in [1.82, 2.24) is 0 Å². The van der Waals surface area contributed by atoms with Crippen molar-refractivity contribution in [2.45, 2.75) is 0 Å². The van der Waals surface area contributed by atoms with Crippen LogP contribution >= 0.6 is 0 Å². The van der Waals surface area contributed by atoms with Crippen LogP contribution in [0.3, 0.4) is 0 Å². The first-order valence-corrected chi connectivity index (χ1v) is 5.68. The highest BCUT2D eigenvalue weighted by Gasteiger charge is 2.08. The van der Waals surface area contributed by atoms with E-state index in [9.17, 15) is 4.39 Å². The largest absolute Gasteiger partial charge is 0.497 e. The fraction of sp³-hybridized carbons (Fsp3) is 0.143. The lowest BCUT2D eigenvalue weighted by atomic mass is 10.2. The molecule has 0 amide bonds. The lowest BCUT2D eigenvalue weighted by Crippen LogP contribution is -1.98. The van der Waals surface area contributed by atoms with Crippen LogP contribution in [0.2, 0.25) is 0 Å². The van der Waals surface area contributed by atoms with Gasteiger partial charge in [-0.3, -0.25) is 0 Å². The number of anilines is 3. The van der Waals surface area contributed by atoms with Crippen LogP contribution in [0.5, 0.6) is 11.5 Å². The van der Waals surface area contributed by atoms with Crippen molar-refractivity contribution in [3.63, 3.8) is 0 Å². The zero-order valence-corrected chi connectivity index (χ0v) is 10.7. The van der Waals surface area contributed by atoms with Crippen molar-refractivity contribution in [1.29, 1.82) is 0 Å². The van der Waals surface area contributed by atoms with Crippen LogP contribution in [0.1, 0.15) is 0 Å². The average Bonchev–Trinajstić information content (AvgIpc) is 2.42. The summed E-state index contributed by atoms with van der Waals surface area (Å²) >= 11 is 0. The number of methoxy groups -OCH3 is 2. The predicted molar refractivity (Wildman–Crippen MR) is 73.6 cm³/mol. The van der Waals surface area contributed by atoms with Gasteiger partial charge in [0.05, 0.1) is 25.6 Å². The summed E-state index contributed by atoms with van der Waals surface area (Å²) in [5.41, 5.74) is 6.86. The molecule has 2 rings (SSSR count). The highest BCUT2D eigenvalue weighted by molar-refractivity contribution is 5.69. The molecule has 0 aromatic heterocycles. The molecule has 100 valence electrons. The number of benzene rings is 2. The zero-order chi connectivity index (χ0) is 13.8. The summed E-state index contributed by atoms with van der Waals surface area (Å²) in [6, 6.07) is 9.71. The van der Waals surface area contributed by atoms with Gasteiger partial charge in [0, 0.05) is 11.8 Å². The summed E-state index contributed by atoms with van der Waals surface area (Å²) in [6.45, 7) is 0. The summed E-state index contributed by atoms with van der Waals surface area (Å²) in [4.78, 5) is 0. The molecule has 3 N–H and O–H groups in total. The van der Waals surface area contributed by atoms with Crippen molar-refractivity contribution >= 4 is 17.1 Å². The van der Waals surface area contributed by atoms with E-state index in [1.54, 1.807) is 44.6 Å². The van der Waals surface area contributed by atoms with Gasteiger partial charge in [-0.25, -0.2) is 4.39 Å². The quantitative estimate of drug-likeness (QED) is 0.831. The van der Waals surface area contributed by atoms with E-state index < -0.39 is 5.82 Å². The van der Waals surface area contributed by atoms with Gasteiger partial charge in [0.15, 0.2) is 0 Å². The first-order valence-electron chi connectivity index (χ1n) is 5.68. The molecule has 0 heterocycles. The number of ether oxygens (including phenoxy) is 2. The molecule has 2 aromatic carbocycles. The molecule has 0 unspecified atom stereocenters. The number of hydrogen-bond acceptors (Lipinski definition) is 4. The summed E-state index contributed by atoms with van der Waals surface area (Å²) in [7, 11) is 3.11. The Balaban J connectivity index is 2.32. The third-order valence-electron chi connectivity index (χ3n) is 2.67. The van der Waals surface area contributed by atoms with Gasteiger partial charge in [-0.1, -0.05) is 0 Å². The maximum Gasteiger partial charge on any atom is 0.148 e. The normalized spacial score (nSPS) is 10.1. The maximum absolute atomic E-state index is 13.7. The second-order valence-electron chi connectivity index (χ2n) is 3.93. The summed E-state index contributed by atoms with van der Waals surface area (Å²) in [6.07, 6.45) is 0. The Hall–Kier alpha value is -2.43. The number of nitrogen functional groups attached to an aromatic ring is 1. The monoisotopic (exact) mass is 262 g/mol. The summed E-state index contributed by atoms with van der Waals surface area (Å²) in [5, 5.41) is 2.96. The Bertz CT molecular complexity index is 588. The molecule has 2 aromatic rings. The molecule has 0 aliphatic heterocycles. The van der Waals surface area contributed by atoms with Crippen LogP contribution in [0, 0.1) is 5.82 Å². The molecule has 19 heavy (non-hydrogen) atoms. The highest BCUT2D eigenvalue weighted by Crippen LogP contribution is 2.32. The van der Waals surface area contributed by atoms with E-state index in [0.29, 0.717) is 28.6 Å². The van der Waals surface area contributed by atoms with Crippen LogP contribution in [-0.4, -0.2) is 14.2 Å². The maximum atomic E-state index is 13.7. The third-order valence-corrected chi connectivity index (χ3v) is 2.67. The number of nitrogens with two attached hydrogens (primary N) is 1. The SMILES string of the molecule is COc1ccc(Nc2ccc(N)cc2F)c(OC)c1. The van der Waals surface area contributed by atoms with E-state index >= 15 is 0 Å². The first-order chi connectivity index (χ1) is 9.13. The fourth-order valence-electron chi connectivity index (χ4n) is 1.68. The van der Waals surface area contributed by atoms with E-state index in [1.807, 2.05) is 0 Å². The van der Waals surface area contributed by atoms with Gasteiger partial charge in [-0.15, -0.1) is 0 Å². The number of halogens is 1. The number of nitrogens with one attached hydrogen (secondary N) is 1. The van der Waals surface area contributed by atoms with Gasteiger partial charge in [0.25, 0.3) is 0 Å². The van der Waals surface area contributed by atoms with Gasteiger partial charge >= 0.3 is 0 Å². The van der Waals surface area contributed by atoms with Crippen molar-refractivity contribution in [3.05, 3.63) is 42.2 Å². The number of hydrogen-bond donors (Lipinski definition) is 2. The molecule has 0 atom stereocenters. The molecular formula is C14H15FN2O2. The van der Waals surface area contributed by atoms with Crippen LogP contribution in [0.25, 0.3) is 0 Å². The van der Waals surface area contributed by atoms with E-state index in [-0.39, 0.29) is 0 Å². The van der Waals surface area contributed by atoms with Gasteiger partial charge in [0.2, 0.25) is 0 Å². The minimum atomic E-state index is -0.419. The molecule has 0 radical (unpaired) electrons. The van der Waals surface area contributed by atoms with E-state index in [1.165, 1.54) is 6.07 Å². The van der Waals surface area contributed by atoms with Gasteiger partial charge < -0.3 is 20.5 Å². The first kappa shape index (κ1) is 13.0. The lowest BCUT2D eigenvalue weighted by molar-refractivity contribution is 0.395. The molecule has 0 bridgehead atoms. The van der Waals surface area contributed by atoms with E-state index in [2.05, 4.69) is 5.32 Å². The molecule has 4 nitrogen and oxygen atoms in total. The zero-order valence-electron chi connectivity index (χ0n) is 10.7. The van der Waals surface area contributed by atoms with E-state index in [0.717, 1.165) is 0 Å². The molecule has 0 saturated carbocycles. The Kier molecular flexibility index (Phi) is 3.75. The molecule has 0 saturated heterocycles. The van der Waals surface area contributed by atoms with Crippen LogP contribution in [0.15, 0.2) is 36.4 Å². The Morgan fingerprint density at radius 1 is 1.00 bits per heavy atom. The van der Waals surface area contributed by atoms with Crippen LogP contribution < -0.4 is 20.5 Å². The molecule has 0 spiro atoms. The minimum Gasteiger partial charge on any atom is -0.497 e. The second kappa shape index (κ2) is 5.48. The van der Waals surface area contributed by atoms with Crippen molar-refractivity contribution in [3.8, 4) is 11.5 Å². The number of rotatable bonds is 4. The third kappa shape index (κ3) is 2.88. The summed E-state index contributed by atoms with van der Waals surface area (Å²) < 4.78 is 24.0. The predicted octanol–water partition coefficient (Wildman–Crippen LogP) is 3.17. The van der Waals surface area contributed by atoms with Gasteiger partial charge in [-0.05, 0) is 30.3 Å². The average molecular weight is 262 g/mol. The molecule has 5 heteroatoms.